The number of aryl methyl sites for hydroxylation is 2. The minimum Gasteiger partial charge on any atom is -0.258 e. The van der Waals surface area contributed by atoms with Crippen LogP contribution in [0, 0.1) is 10.1 Å². The maximum absolute atomic E-state index is 10.9. The molecule has 1 rings (SSSR count). The number of unbranched alkanes of at least 4 members (excludes halogenated alkanes) is 2. The SMILES string of the molecule is CCCCCc1ccc(CC)c([N+](=O)[O-])c1. The van der Waals surface area contributed by atoms with Crippen LogP contribution < -0.4 is 0 Å². The third-order valence-corrected chi connectivity index (χ3v) is 2.80. The van der Waals surface area contributed by atoms with E-state index in [1.807, 2.05) is 19.1 Å². The Hall–Kier alpha value is -1.38. The largest absolute Gasteiger partial charge is 0.272 e. The van der Waals surface area contributed by atoms with Crippen molar-refractivity contribution in [2.45, 2.75) is 46.0 Å². The number of nitrogens with zero attached hydrogens (tertiary/aromatic N) is 1. The lowest BCUT2D eigenvalue weighted by Gasteiger charge is -2.04. The molecule has 0 amide bonds. The van der Waals surface area contributed by atoms with Crippen LogP contribution in [0.4, 0.5) is 5.69 Å². The zero-order valence-corrected chi connectivity index (χ0v) is 10.0. The summed E-state index contributed by atoms with van der Waals surface area (Å²) in [6.07, 6.45) is 5.13. The summed E-state index contributed by atoms with van der Waals surface area (Å²) in [5.74, 6) is 0. The summed E-state index contributed by atoms with van der Waals surface area (Å²) < 4.78 is 0. The molecule has 16 heavy (non-hydrogen) atoms. The van der Waals surface area contributed by atoms with Crippen LogP contribution in [-0.2, 0) is 12.8 Å². The van der Waals surface area contributed by atoms with Gasteiger partial charge in [0, 0.05) is 11.6 Å². The third kappa shape index (κ3) is 3.33. The van der Waals surface area contributed by atoms with Gasteiger partial charge in [-0.3, -0.25) is 10.1 Å². The van der Waals surface area contributed by atoms with Crippen molar-refractivity contribution >= 4 is 5.69 Å². The minimum absolute atomic E-state index is 0.275. The van der Waals surface area contributed by atoms with Gasteiger partial charge in [-0.1, -0.05) is 38.8 Å². The van der Waals surface area contributed by atoms with Crippen LogP contribution in [-0.4, -0.2) is 4.92 Å². The van der Waals surface area contributed by atoms with E-state index in [9.17, 15) is 10.1 Å². The van der Waals surface area contributed by atoms with E-state index in [0.29, 0.717) is 6.42 Å². The smallest absolute Gasteiger partial charge is 0.258 e. The van der Waals surface area contributed by atoms with Crippen LogP contribution in [0.2, 0.25) is 0 Å². The highest BCUT2D eigenvalue weighted by molar-refractivity contribution is 5.43. The van der Waals surface area contributed by atoms with Gasteiger partial charge in [-0.05, 0) is 24.8 Å². The standard InChI is InChI=1S/C13H19NO2/c1-3-5-6-7-11-8-9-12(4-2)13(10-11)14(15)16/h8-10H,3-7H2,1-2H3. The molecule has 1 aromatic rings. The van der Waals surface area contributed by atoms with Crippen molar-refractivity contribution in [2.24, 2.45) is 0 Å². The molecule has 0 heterocycles. The third-order valence-electron chi connectivity index (χ3n) is 2.80. The second-order valence-corrected chi connectivity index (χ2v) is 4.03. The summed E-state index contributed by atoms with van der Waals surface area (Å²) in [7, 11) is 0. The minimum atomic E-state index is -0.276. The number of nitro benzene ring substituents is 1. The molecule has 0 fully saturated rings. The van der Waals surface area contributed by atoms with Crippen LogP contribution in [0.15, 0.2) is 18.2 Å². The molecule has 0 unspecified atom stereocenters. The van der Waals surface area contributed by atoms with Gasteiger partial charge in [-0.15, -0.1) is 0 Å². The molecule has 0 radical (unpaired) electrons. The van der Waals surface area contributed by atoms with Crippen molar-refractivity contribution in [2.75, 3.05) is 0 Å². The normalized spacial score (nSPS) is 10.4. The Morgan fingerprint density at radius 1 is 1.25 bits per heavy atom. The number of hydrogen-bond acceptors (Lipinski definition) is 2. The first kappa shape index (κ1) is 12.7. The fourth-order valence-electron chi connectivity index (χ4n) is 1.81. The molecule has 0 aromatic heterocycles. The Labute approximate surface area is 96.6 Å². The summed E-state index contributed by atoms with van der Waals surface area (Å²) >= 11 is 0. The quantitative estimate of drug-likeness (QED) is 0.415. The highest BCUT2D eigenvalue weighted by atomic mass is 16.6. The van der Waals surface area contributed by atoms with Crippen molar-refractivity contribution in [1.29, 1.82) is 0 Å². The molecule has 1 aromatic carbocycles. The molecule has 3 nitrogen and oxygen atoms in total. The summed E-state index contributed by atoms with van der Waals surface area (Å²) in [5.41, 5.74) is 2.18. The fourth-order valence-corrected chi connectivity index (χ4v) is 1.81. The summed E-state index contributed by atoms with van der Waals surface area (Å²) in [4.78, 5) is 10.6. The number of benzene rings is 1. The maximum atomic E-state index is 10.9. The average Bonchev–Trinajstić information content (AvgIpc) is 2.29. The summed E-state index contributed by atoms with van der Waals surface area (Å²) in [6.45, 7) is 4.10. The Morgan fingerprint density at radius 2 is 2.00 bits per heavy atom. The van der Waals surface area contributed by atoms with E-state index < -0.39 is 0 Å². The van der Waals surface area contributed by atoms with E-state index in [1.54, 1.807) is 6.07 Å². The monoisotopic (exact) mass is 221 g/mol. The molecule has 0 saturated heterocycles. The zero-order valence-electron chi connectivity index (χ0n) is 10.0. The van der Waals surface area contributed by atoms with E-state index in [-0.39, 0.29) is 10.6 Å². The summed E-state index contributed by atoms with van der Waals surface area (Å²) in [5, 5.41) is 10.9. The topological polar surface area (TPSA) is 43.1 Å². The van der Waals surface area contributed by atoms with Gasteiger partial charge in [0.25, 0.3) is 5.69 Å². The van der Waals surface area contributed by atoms with Crippen molar-refractivity contribution in [1.82, 2.24) is 0 Å². The van der Waals surface area contributed by atoms with E-state index >= 15 is 0 Å². The first-order valence-electron chi connectivity index (χ1n) is 5.95. The Morgan fingerprint density at radius 3 is 2.56 bits per heavy atom. The zero-order chi connectivity index (χ0) is 12.0. The molecule has 0 saturated carbocycles. The Kier molecular flexibility index (Phi) is 4.96. The predicted octanol–water partition coefficient (Wildman–Crippen LogP) is 3.89. The second kappa shape index (κ2) is 6.26. The summed E-state index contributed by atoms with van der Waals surface area (Å²) in [6, 6.07) is 5.63. The number of nitro groups is 1. The van der Waals surface area contributed by atoms with Gasteiger partial charge in [-0.25, -0.2) is 0 Å². The molecular weight excluding hydrogens is 202 g/mol. The highest BCUT2D eigenvalue weighted by Crippen LogP contribution is 2.21. The molecule has 3 heteroatoms. The molecule has 0 aliphatic heterocycles. The van der Waals surface area contributed by atoms with E-state index in [1.165, 1.54) is 12.8 Å². The van der Waals surface area contributed by atoms with Crippen molar-refractivity contribution in [3.05, 3.63) is 39.4 Å². The Balaban J connectivity index is 2.81. The molecule has 0 aliphatic rings. The van der Waals surface area contributed by atoms with E-state index in [4.69, 9.17) is 0 Å². The average molecular weight is 221 g/mol. The lowest BCUT2D eigenvalue weighted by Crippen LogP contribution is -1.96. The van der Waals surface area contributed by atoms with Gasteiger partial charge >= 0.3 is 0 Å². The lowest BCUT2D eigenvalue weighted by atomic mass is 10.0. The molecular formula is C13H19NO2. The fraction of sp³-hybridized carbons (Fsp3) is 0.538. The molecule has 0 bridgehead atoms. The van der Waals surface area contributed by atoms with Gasteiger partial charge in [-0.2, -0.15) is 0 Å². The molecule has 88 valence electrons. The number of hydrogen-bond donors (Lipinski definition) is 0. The molecule has 0 spiro atoms. The van der Waals surface area contributed by atoms with Crippen molar-refractivity contribution in [3.63, 3.8) is 0 Å². The van der Waals surface area contributed by atoms with Crippen LogP contribution in [0.25, 0.3) is 0 Å². The molecule has 0 atom stereocenters. The van der Waals surface area contributed by atoms with Gasteiger partial charge < -0.3 is 0 Å². The molecule has 0 aliphatic carbocycles. The van der Waals surface area contributed by atoms with Gasteiger partial charge in [0.05, 0.1) is 4.92 Å². The van der Waals surface area contributed by atoms with E-state index in [0.717, 1.165) is 24.0 Å². The van der Waals surface area contributed by atoms with Crippen LogP contribution in [0.1, 0.15) is 44.2 Å². The second-order valence-electron chi connectivity index (χ2n) is 4.03. The first-order chi connectivity index (χ1) is 7.69. The van der Waals surface area contributed by atoms with E-state index in [2.05, 4.69) is 6.92 Å². The molecule has 0 N–H and O–H groups in total. The highest BCUT2D eigenvalue weighted by Gasteiger charge is 2.12. The number of rotatable bonds is 6. The van der Waals surface area contributed by atoms with Crippen LogP contribution in [0.5, 0.6) is 0 Å². The van der Waals surface area contributed by atoms with Gasteiger partial charge in [0.2, 0.25) is 0 Å². The Bertz CT molecular complexity index is 361. The maximum Gasteiger partial charge on any atom is 0.272 e. The van der Waals surface area contributed by atoms with Crippen molar-refractivity contribution in [3.8, 4) is 0 Å². The van der Waals surface area contributed by atoms with Crippen LogP contribution >= 0.6 is 0 Å². The van der Waals surface area contributed by atoms with Gasteiger partial charge in [0.15, 0.2) is 0 Å². The van der Waals surface area contributed by atoms with Crippen molar-refractivity contribution < 1.29 is 4.92 Å². The predicted molar refractivity (Wildman–Crippen MR) is 65.7 cm³/mol. The van der Waals surface area contributed by atoms with Crippen LogP contribution in [0.3, 0.4) is 0 Å². The van der Waals surface area contributed by atoms with Gasteiger partial charge in [0.1, 0.15) is 0 Å². The lowest BCUT2D eigenvalue weighted by molar-refractivity contribution is -0.385. The first-order valence-corrected chi connectivity index (χ1v) is 5.95.